The fraction of sp³-hybridized carbons (Fsp3) is 1.00. The van der Waals surface area contributed by atoms with Crippen LogP contribution in [0.4, 0.5) is 0 Å². The predicted molar refractivity (Wildman–Crippen MR) is 35.7 cm³/mol. The van der Waals surface area contributed by atoms with Gasteiger partial charge < -0.3 is 5.11 Å². The largest absolute Gasteiger partial charge is 0.393 e. The van der Waals surface area contributed by atoms with Crippen LogP contribution < -0.4 is 0 Å². The van der Waals surface area contributed by atoms with E-state index in [9.17, 15) is 0 Å². The lowest BCUT2D eigenvalue weighted by atomic mass is 9.93. The minimum atomic E-state index is -0.157. The lowest BCUT2D eigenvalue weighted by Crippen LogP contribution is -2.18. The Bertz CT molecular complexity index is 49.4. The van der Waals surface area contributed by atoms with Gasteiger partial charge in [-0.15, -0.1) is 0 Å². The van der Waals surface area contributed by atoms with Crippen LogP contribution in [-0.2, 0) is 0 Å². The van der Waals surface area contributed by atoms with Crippen LogP contribution in [0.2, 0.25) is 0 Å². The molecule has 1 nitrogen and oxygen atoms in total. The molecule has 0 rings (SSSR count). The molecule has 50 valence electrons. The third-order valence-corrected chi connectivity index (χ3v) is 1.81. The topological polar surface area (TPSA) is 20.2 Å². The van der Waals surface area contributed by atoms with Gasteiger partial charge in [0.15, 0.2) is 0 Å². The van der Waals surface area contributed by atoms with Gasteiger partial charge in [0.05, 0.1) is 6.10 Å². The van der Waals surface area contributed by atoms with Gasteiger partial charge in [-0.1, -0.05) is 20.8 Å². The zero-order valence-electron chi connectivity index (χ0n) is 6.18. The molecule has 8 heavy (non-hydrogen) atoms. The number of rotatable bonds is 2. The van der Waals surface area contributed by atoms with E-state index in [4.69, 9.17) is 5.11 Å². The molecule has 0 saturated carbocycles. The highest BCUT2D eigenvalue weighted by molar-refractivity contribution is 4.61. The van der Waals surface area contributed by atoms with Gasteiger partial charge in [0.25, 0.3) is 0 Å². The van der Waals surface area contributed by atoms with Crippen molar-refractivity contribution < 1.29 is 5.11 Å². The maximum Gasteiger partial charge on any atom is 0.0540 e. The standard InChI is InChI=1S/C7H16O/c1-5(2)6(3)7(4)8/h5-8H,1-4H3/t6?,7-/m1/s1. The monoisotopic (exact) mass is 116 g/mol. The van der Waals surface area contributed by atoms with Crippen molar-refractivity contribution in [1.29, 1.82) is 0 Å². The van der Waals surface area contributed by atoms with Crippen LogP contribution >= 0.6 is 0 Å². The van der Waals surface area contributed by atoms with E-state index in [2.05, 4.69) is 20.8 Å². The Morgan fingerprint density at radius 3 is 1.38 bits per heavy atom. The molecule has 0 heterocycles. The summed E-state index contributed by atoms with van der Waals surface area (Å²) in [5, 5.41) is 8.99. The van der Waals surface area contributed by atoms with Gasteiger partial charge in [-0.3, -0.25) is 0 Å². The maximum atomic E-state index is 8.99. The van der Waals surface area contributed by atoms with Gasteiger partial charge in [-0.2, -0.15) is 0 Å². The maximum absolute atomic E-state index is 8.99. The first-order chi connectivity index (χ1) is 3.55. The van der Waals surface area contributed by atoms with E-state index >= 15 is 0 Å². The van der Waals surface area contributed by atoms with Gasteiger partial charge in [0.2, 0.25) is 0 Å². The van der Waals surface area contributed by atoms with Crippen molar-refractivity contribution in [2.24, 2.45) is 11.8 Å². The highest BCUT2D eigenvalue weighted by Gasteiger charge is 2.11. The second-order valence-electron chi connectivity index (χ2n) is 2.84. The zero-order chi connectivity index (χ0) is 6.73. The van der Waals surface area contributed by atoms with Gasteiger partial charge in [0, 0.05) is 0 Å². The molecule has 0 radical (unpaired) electrons. The fourth-order valence-electron chi connectivity index (χ4n) is 0.557. The average molecular weight is 116 g/mol. The molecule has 2 atom stereocenters. The zero-order valence-corrected chi connectivity index (χ0v) is 6.18. The minimum absolute atomic E-state index is 0.157. The molecular formula is C7H16O. The molecule has 1 unspecified atom stereocenters. The molecule has 1 N–H and O–H groups in total. The van der Waals surface area contributed by atoms with Crippen LogP contribution in [0.25, 0.3) is 0 Å². The Morgan fingerprint density at radius 1 is 1.00 bits per heavy atom. The van der Waals surface area contributed by atoms with Crippen molar-refractivity contribution in [3.8, 4) is 0 Å². The molecule has 0 spiro atoms. The number of aliphatic hydroxyl groups excluding tert-OH is 1. The normalized spacial score (nSPS) is 18.8. The number of aliphatic hydroxyl groups is 1. The van der Waals surface area contributed by atoms with Crippen LogP contribution in [0.15, 0.2) is 0 Å². The van der Waals surface area contributed by atoms with Crippen molar-refractivity contribution in [2.45, 2.75) is 33.8 Å². The van der Waals surface area contributed by atoms with E-state index in [0.717, 1.165) is 0 Å². The van der Waals surface area contributed by atoms with Crippen molar-refractivity contribution >= 4 is 0 Å². The summed E-state index contributed by atoms with van der Waals surface area (Å²) in [4.78, 5) is 0. The van der Waals surface area contributed by atoms with Gasteiger partial charge >= 0.3 is 0 Å². The van der Waals surface area contributed by atoms with Crippen molar-refractivity contribution in [1.82, 2.24) is 0 Å². The average Bonchev–Trinajstić information content (AvgIpc) is 1.64. The summed E-state index contributed by atoms with van der Waals surface area (Å²) in [7, 11) is 0. The van der Waals surface area contributed by atoms with Crippen LogP contribution in [0.5, 0.6) is 0 Å². The molecule has 0 bridgehead atoms. The molecule has 0 aliphatic rings. The number of hydrogen-bond acceptors (Lipinski definition) is 1. The molecule has 0 fully saturated rings. The smallest absolute Gasteiger partial charge is 0.0540 e. The molecule has 0 aromatic rings. The Labute approximate surface area is 51.7 Å². The van der Waals surface area contributed by atoms with E-state index in [-0.39, 0.29) is 6.10 Å². The lowest BCUT2D eigenvalue weighted by molar-refractivity contribution is 0.109. The van der Waals surface area contributed by atoms with E-state index in [1.54, 1.807) is 0 Å². The van der Waals surface area contributed by atoms with Crippen molar-refractivity contribution in [2.75, 3.05) is 0 Å². The van der Waals surface area contributed by atoms with E-state index in [1.807, 2.05) is 6.92 Å². The highest BCUT2D eigenvalue weighted by Crippen LogP contribution is 2.12. The SMILES string of the molecule is CC(C)C(C)[C@@H](C)O. The predicted octanol–water partition coefficient (Wildman–Crippen LogP) is 1.66. The molecular weight excluding hydrogens is 100 g/mol. The number of hydrogen-bond donors (Lipinski definition) is 1. The van der Waals surface area contributed by atoms with E-state index in [0.29, 0.717) is 11.8 Å². The Balaban J connectivity index is 3.46. The highest BCUT2D eigenvalue weighted by atomic mass is 16.3. The third kappa shape index (κ3) is 2.31. The summed E-state index contributed by atoms with van der Waals surface area (Å²) >= 11 is 0. The summed E-state index contributed by atoms with van der Waals surface area (Å²) in [6, 6.07) is 0. The van der Waals surface area contributed by atoms with E-state index in [1.165, 1.54) is 0 Å². The van der Waals surface area contributed by atoms with Gasteiger partial charge in [0.1, 0.15) is 0 Å². The Morgan fingerprint density at radius 2 is 1.38 bits per heavy atom. The first-order valence-electron chi connectivity index (χ1n) is 3.23. The van der Waals surface area contributed by atoms with Crippen molar-refractivity contribution in [3.05, 3.63) is 0 Å². The van der Waals surface area contributed by atoms with Gasteiger partial charge in [-0.05, 0) is 18.8 Å². The summed E-state index contributed by atoms with van der Waals surface area (Å²) < 4.78 is 0. The first-order valence-corrected chi connectivity index (χ1v) is 3.23. The molecule has 0 aromatic heterocycles. The molecule has 0 saturated heterocycles. The Kier molecular flexibility index (Phi) is 3.06. The molecule has 1 heteroatoms. The third-order valence-electron chi connectivity index (χ3n) is 1.81. The van der Waals surface area contributed by atoms with Crippen LogP contribution in [0.3, 0.4) is 0 Å². The summed E-state index contributed by atoms with van der Waals surface area (Å²) in [5.41, 5.74) is 0. The summed E-state index contributed by atoms with van der Waals surface area (Å²) in [6.07, 6.45) is -0.157. The first kappa shape index (κ1) is 7.96. The summed E-state index contributed by atoms with van der Waals surface area (Å²) in [6.45, 7) is 8.15. The van der Waals surface area contributed by atoms with Crippen LogP contribution in [0, 0.1) is 11.8 Å². The second-order valence-corrected chi connectivity index (χ2v) is 2.84. The minimum Gasteiger partial charge on any atom is -0.393 e. The summed E-state index contributed by atoms with van der Waals surface area (Å²) in [5.74, 6) is 1.02. The lowest BCUT2D eigenvalue weighted by Gasteiger charge is -2.17. The van der Waals surface area contributed by atoms with E-state index < -0.39 is 0 Å². The fourth-order valence-corrected chi connectivity index (χ4v) is 0.557. The Hall–Kier alpha value is -0.0400. The molecule has 0 aliphatic carbocycles. The molecule has 0 aromatic carbocycles. The quantitative estimate of drug-likeness (QED) is 0.581. The van der Waals surface area contributed by atoms with Gasteiger partial charge in [-0.25, -0.2) is 0 Å². The van der Waals surface area contributed by atoms with Crippen molar-refractivity contribution in [3.63, 3.8) is 0 Å². The van der Waals surface area contributed by atoms with Crippen LogP contribution in [0.1, 0.15) is 27.7 Å². The molecule has 0 aliphatic heterocycles. The second kappa shape index (κ2) is 3.08. The van der Waals surface area contributed by atoms with Crippen LogP contribution in [-0.4, -0.2) is 11.2 Å². The molecule has 0 amide bonds.